The summed E-state index contributed by atoms with van der Waals surface area (Å²) in [4.78, 5) is 11.9. The molecule has 1 fully saturated rings. The number of rotatable bonds is 0. The van der Waals surface area contributed by atoms with Crippen molar-refractivity contribution in [1.29, 1.82) is 0 Å². The topological polar surface area (TPSA) is 66.8 Å². The molecular formula is C13H12O4. The largest absolute Gasteiger partial charge is 0.504 e. The number of allylic oxidation sites excluding steroid dienone is 1. The molecule has 1 saturated heterocycles. The zero-order valence-electron chi connectivity index (χ0n) is 9.09. The van der Waals surface area contributed by atoms with Gasteiger partial charge in [0.1, 0.15) is 6.10 Å². The summed E-state index contributed by atoms with van der Waals surface area (Å²) < 4.78 is 5.42. The lowest BCUT2D eigenvalue weighted by molar-refractivity contribution is -0.147. The molecule has 0 radical (unpaired) electrons. The standard InChI is InChI=1S/C13H12O4/c14-10-6-5-9-12(16)11(15)7-3-1-2-4-8(7)13(9)17-10/h1-4,10,13-14,16H,5-6H2. The van der Waals surface area contributed by atoms with E-state index in [4.69, 9.17) is 4.74 Å². The maximum absolute atomic E-state index is 11.9. The minimum absolute atomic E-state index is 0.222. The summed E-state index contributed by atoms with van der Waals surface area (Å²) in [7, 11) is 0. The molecule has 3 rings (SSSR count). The number of carbonyl (C=O) groups excluding carboxylic acids is 1. The molecule has 4 nitrogen and oxygen atoms in total. The number of ketones is 1. The Balaban J connectivity index is 2.16. The summed E-state index contributed by atoms with van der Waals surface area (Å²) >= 11 is 0. The SMILES string of the molecule is O=C1C(O)=C2CCC(O)OC2c2ccccc21. The Morgan fingerprint density at radius 1 is 1.29 bits per heavy atom. The van der Waals surface area contributed by atoms with Gasteiger partial charge in [-0.1, -0.05) is 24.3 Å². The number of Topliss-reactive ketones (excluding diaryl/α,β-unsaturated/α-hetero) is 1. The van der Waals surface area contributed by atoms with Gasteiger partial charge in [0.05, 0.1) is 0 Å². The fourth-order valence-corrected chi connectivity index (χ4v) is 2.43. The predicted molar refractivity (Wildman–Crippen MR) is 59.5 cm³/mol. The van der Waals surface area contributed by atoms with Gasteiger partial charge in [-0.15, -0.1) is 0 Å². The zero-order chi connectivity index (χ0) is 12.0. The van der Waals surface area contributed by atoms with Crippen molar-refractivity contribution in [3.8, 4) is 0 Å². The number of benzene rings is 1. The molecule has 4 heteroatoms. The van der Waals surface area contributed by atoms with Crippen molar-refractivity contribution >= 4 is 5.78 Å². The third-order valence-electron chi connectivity index (χ3n) is 3.28. The van der Waals surface area contributed by atoms with Crippen LogP contribution in [0.2, 0.25) is 0 Å². The van der Waals surface area contributed by atoms with Crippen LogP contribution in [0.15, 0.2) is 35.6 Å². The lowest BCUT2D eigenvalue weighted by Crippen LogP contribution is -2.30. The molecule has 0 bridgehead atoms. The van der Waals surface area contributed by atoms with E-state index in [9.17, 15) is 15.0 Å². The van der Waals surface area contributed by atoms with Crippen LogP contribution in [0, 0.1) is 0 Å². The number of hydrogen-bond donors (Lipinski definition) is 2. The summed E-state index contributed by atoms with van der Waals surface area (Å²) in [6.45, 7) is 0. The highest BCUT2D eigenvalue weighted by molar-refractivity contribution is 6.10. The van der Waals surface area contributed by atoms with Gasteiger partial charge in [0.2, 0.25) is 5.78 Å². The Morgan fingerprint density at radius 2 is 2.06 bits per heavy atom. The van der Waals surface area contributed by atoms with Crippen LogP contribution in [-0.2, 0) is 4.74 Å². The van der Waals surface area contributed by atoms with Crippen LogP contribution in [0.1, 0.15) is 34.9 Å². The van der Waals surface area contributed by atoms with Crippen LogP contribution in [-0.4, -0.2) is 22.3 Å². The second-order valence-electron chi connectivity index (χ2n) is 4.30. The van der Waals surface area contributed by atoms with E-state index in [1.54, 1.807) is 18.2 Å². The molecule has 88 valence electrons. The summed E-state index contributed by atoms with van der Waals surface area (Å²) in [6.07, 6.45) is -0.436. The highest BCUT2D eigenvalue weighted by Crippen LogP contribution is 2.42. The Bertz CT molecular complexity index is 518. The molecule has 0 aromatic heterocycles. The molecule has 1 aliphatic heterocycles. The van der Waals surface area contributed by atoms with Crippen LogP contribution in [0.4, 0.5) is 0 Å². The second-order valence-corrected chi connectivity index (χ2v) is 4.30. The third kappa shape index (κ3) is 1.49. The Kier molecular flexibility index (Phi) is 2.28. The van der Waals surface area contributed by atoms with Gasteiger partial charge in [-0.2, -0.15) is 0 Å². The molecule has 2 unspecified atom stereocenters. The van der Waals surface area contributed by atoms with Crippen LogP contribution >= 0.6 is 0 Å². The lowest BCUT2D eigenvalue weighted by Gasteiger charge is -2.33. The molecule has 1 aromatic rings. The van der Waals surface area contributed by atoms with Crippen molar-refractivity contribution in [2.45, 2.75) is 25.2 Å². The summed E-state index contributed by atoms with van der Waals surface area (Å²) in [5.74, 6) is -0.576. The van der Waals surface area contributed by atoms with E-state index < -0.39 is 12.4 Å². The van der Waals surface area contributed by atoms with Gasteiger partial charge in [0, 0.05) is 17.6 Å². The van der Waals surface area contributed by atoms with Crippen LogP contribution < -0.4 is 0 Å². The fraction of sp³-hybridized carbons (Fsp3) is 0.308. The Morgan fingerprint density at radius 3 is 2.88 bits per heavy atom. The zero-order valence-corrected chi connectivity index (χ0v) is 9.09. The van der Waals surface area contributed by atoms with E-state index >= 15 is 0 Å². The van der Waals surface area contributed by atoms with Crippen molar-refractivity contribution in [2.24, 2.45) is 0 Å². The lowest BCUT2D eigenvalue weighted by atomic mass is 9.83. The maximum atomic E-state index is 11.9. The first-order valence-corrected chi connectivity index (χ1v) is 5.57. The number of carbonyl (C=O) groups is 1. The number of ether oxygens (including phenoxy) is 1. The first-order valence-electron chi connectivity index (χ1n) is 5.57. The number of aliphatic hydroxyl groups excluding tert-OH is 2. The molecular weight excluding hydrogens is 220 g/mol. The van der Waals surface area contributed by atoms with Gasteiger partial charge in [-0.05, 0) is 12.0 Å². The van der Waals surface area contributed by atoms with Crippen molar-refractivity contribution in [2.75, 3.05) is 0 Å². The molecule has 1 heterocycles. The Labute approximate surface area is 98.1 Å². The van der Waals surface area contributed by atoms with Gasteiger partial charge in [-0.25, -0.2) is 0 Å². The van der Waals surface area contributed by atoms with Crippen molar-refractivity contribution in [3.05, 3.63) is 46.7 Å². The highest BCUT2D eigenvalue weighted by atomic mass is 16.6. The predicted octanol–water partition coefficient (Wildman–Crippen LogP) is 1.86. The molecule has 0 saturated carbocycles. The van der Waals surface area contributed by atoms with E-state index in [0.29, 0.717) is 24.0 Å². The number of aliphatic hydroxyl groups is 2. The molecule has 2 aliphatic rings. The fourth-order valence-electron chi connectivity index (χ4n) is 2.43. The average Bonchev–Trinajstić information content (AvgIpc) is 2.36. The van der Waals surface area contributed by atoms with E-state index in [-0.39, 0.29) is 11.5 Å². The summed E-state index contributed by atoms with van der Waals surface area (Å²) in [5, 5.41) is 19.4. The third-order valence-corrected chi connectivity index (χ3v) is 3.28. The molecule has 2 atom stereocenters. The molecule has 0 spiro atoms. The van der Waals surface area contributed by atoms with Crippen LogP contribution in [0.25, 0.3) is 0 Å². The van der Waals surface area contributed by atoms with E-state index in [1.165, 1.54) is 0 Å². The smallest absolute Gasteiger partial charge is 0.227 e. The Hall–Kier alpha value is -1.65. The van der Waals surface area contributed by atoms with E-state index in [0.717, 1.165) is 5.56 Å². The molecule has 2 N–H and O–H groups in total. The van der Waals surface area contributed by atoms with Crippen molar-refractivity contribution in [1.82, 2.24) is 0 Å². The van der Waals surface area contributed by atoms with E-state index in [1.807, 2.05) is 6.07 Å². The van der Waals surface area contributed by atoms with Gasteiger partial charge < -0.3 is 14.9 Å². The average molecular weight is 232 g/mol. The van der Waals surface area contributed by atoms with Crippen LogP contribution in [0.3, 0.4) is 0 Å². The van der Waals surface area contributed by atoms with Gasteiger partial charge in [0.25, 0.3) is 0 Å². The minimum atomic E-state index is -0.835. The minimum Gasteiger partial charge on any atom is -0.504 e. The van der Waals surface area contributed by atoms with E-state index in [2.05, 4.69) is 0 Å². The van der Waals surface area contributed by atoms with Crippen molar-refractivity contribution in [3.63, 3.8) is 0 Å². The quantitative estimate of drug-likeness (QED) is 0.716. The summed E-state index contributed by atoms with van der Waals surface area (Å²) in [6, 6.07) is 7.02. The monoisotopic (exact) mass is 232 g/mol. The number of fused-ring (bicyclic) bond motifs is 3. The number of hydrogen-bond acceptors (Lipinski definition) is 4. The molecule has 1 aliphatic carbocycles. The molecule has 0 amide bonds. The molecule has 17 heavy (non-hydrogen) atoms. The second kappa shape index (κ2) is 3.68. The first kappa shape index (κ1) is 10.5. The van der Waals surface area contributed by atoms with Gasteiger partial charge in [-0.3, -0.25) is 4.79 Å². The maximum Gasteiger partial charge on any atom is 0.227 e. The normalized spacial score (nSPS) is 27.7. The first-order chi connectivity index (χ1) is 8.18. The molecule has 1 aromatic carbocycles. The van der Waals surface area contributed by atoms with Crippen LogP contribution in [0.5, 0.6) is 0 Å². The van der Waals surface area contributed by atoms with Gasteiger partial charge in [0.15, 0.2) is 12.0 Å². The summed E-state index contributed by atoms with van der Waals surface area (Å²) in [5.41, 5.74) is 1.76. The van der Waals surface area contributed by atoms with Gasteiger partial charge >= 0.3 is 0 Å². The van der Waals surface area contributed by atoms with Crippen molar-refractivity contribution < 1.29 is 19.7 Å². The highest BCUT2D eigenvalue weighted by Gasteiger charge is 2.37.